The molecule has 12 nitrogen and oxygen atoms in total. The van der Waals surface area contributed by atoms with Crippen molar-refractivity contribution >= 4 is 20.0 Å². The van der Waals surface area contributed by atoms with Crippen LogP contribution in [0.15, 0.2) is 47.4 Å². The molecule has 1 aromatic heterocycles. The number of hydrogen-bond acceptors (Lipinski definition) is 11. The number of carbonyl (C=O) groups is 1. The van der Waals surface area contributed by atoms with Gasteiger partial charge in [-0.3, -0.25) is 9.36 Å². The molecule has 4 rings (SSSR count). The third kappa shape index (κ3) is 7.17. The van der Waals surface area contributed by atoms with Gasteiger partial charge in [0.05, 0.1) is 0 Å². The molecule has 0 radical (unpaired) electrons. The molecule has 2 heterocycles. The van der Waals surface area contributed by atoms with Crippen LogP contribution in [0, 0.1) is 0 Å². The molecule has 1 aliphatic heterocycles. The number of nitrogens with zero attached hydrogens (tertiary/aromatic N) is 2. The highest BCUT2D eigenvalue weighted by atomic mass is 31.1. The molecule has 2 aromatic rings. The van der Waals surface area contributed by atoms with Gasteiger partial charge in [0.25, 0.3) is 0 Å². The SMILES string of the molecule is C[C@H](NC[C@]1(CO[P+](=O)Oc2ccccc2)O[C@@H](n2ccc(N)nc2=O)[C@H](F)[C@@H]1O)C(=O)OC1CCCCC1. The fourth-order valence-corrected chi connectivity index (χ4v) is 5.25. The van der Waals surface area contributed by atoms with Gasteiger partial charge >= 0.3 is 19.9 Å². The maximum Gasteiger partial charge on any atom is 0.750 e. The van der Waals surface area contributed by atoms with E-state index in [2.05, 4.69) is 10.3 Å². The van der Waals surface area contributed by atoms with Crippen molar-refractivity contribution in [1.82, 2.24) is 14.9 Å². The van der Waals surface area contributed by atoms with Gasteiger partial charge in [0.1, 0.15) is 36.3 Å². The highest BCUT2D eigenvalue weighted by Crippen LogP contribution is 2.41. The minimum atomic E-state index is -2.75. The topological polar surface area (TPSA) is 164 Å². The van der Waals surface area contributed by atoms with Gasteiger partial charge in [0.15, 0.2) is 18.1 Å². The molecule has 6 atom stereocenters. The van der Waals surface area contributed by atoms with Crippen molar-refractivity contribution in [3.05, 3.63) is 53.1 Å². The van der Waals surface area contributed by atoms with Crippen molar-refractivity contribution < 1.29 is 37.4 Å². The average Bonchev–Trinajstić information content (AvgIpc) is 3.17. The van der Waals surface area contributed by atoms with Crippen molar-refractivity contribution in [3.63, 3.8) is 0 Å². The smallest absolute Gasteiger partial charge is 0.461 e. The van der Waals surface area contributed by atoms with Gasteiger partial charge in [0, 0.05) is 17.3 Å². The standard InChI is InChI=1S/C25H32FN4O8P/c1-16(23(32)36-17-8-4-2-5-9-17)28-14-25(15-35-39(34)38-18-10-6-3-7-11-18)21(31)20(26)22(37-25)30-13-12-19(27)29-24(30)33/h3,6-7,10-13,16-17,20-22,28,31H,2,4-5,8-9,14-15H2,1H3,(H-,27,29,33)/p+1/t16-,20+,21-,22+,25+/m0/s1. The predicted octanol–water partition coefficient (Wildman–Crippen LogP) is 2.40. The van der Waals surface area contributed by atoms with Gasteiger partial charge in [0.2, 0.25) is 0 Å². The first-order valence-electron chi connectivity index (χ1n) is 12.8. The lowest BCUT2D eigenvalue weighted by atomic mass is 9.96. The number of alkyl halides is 1. The Bertz CT molecular complexity index is 1200. The number of ether oxygens (including phenoxy) is 2. The molecular formula is C25H33FN4O8P+. The minimum absolute atomic E-state index is 0.0678. The molecule has 1 aromatic carbocycles. The average molecular weight is 568 g/mol. The molecule has 2 fully saturated rings. The van der Waals surface area contributed by atoms with Gasteiger partial charge in [-0.1, -0.05) is 24.6 Å². The number of benzene rings is 1. The summed E-state index contributed by atoms with van der Waals surface area (Å²) in [5, 5.41) is 13.9. The van der Waals surface area contributed by atoms with Gasteiger partial charge in [-0.2, -0.15) is 4.98 Å². The monoisotopic (exact) mass is 567 g/mol. The van der Waals surface area contributed by atoms with E-state index in [4.69, 9.17) is 24.3 Å². The molecule has 0 spiro atoms. The zero-order valence-corrected chi connectivity index (χ0v) is 22.4. The quantitative estimate of drug-likeness (QED) is 0.270. The number of aliphatic hydroxyl groups excluding tert-OH is 1. The van der Waals surface area contributed by atoms with E-state index in [0.717, 1.165) is 36.7 Å². The van der Waals surface area contributed by atoms with Crippen molar-refractivity contribution in [1.29, 1.82) is 0 Å². The van der Waals surface area contributed by atoms with E-state index in [0.29, 0.717) is 0 Å². The highest BCUT2D eigenvalue weighted by Gasteiger charge is 2.58. The summed E-state index contributed by atoms with van der Waals surface area (Å²) >= 11 is 0. The second-order valence-corrected chi connectivity index (χ2v) is 10.6. The Morgan fingerprint density at radius 1 is 1.31 bits per heavy atom. The third-order valence-electron chi connectivity index (χ3n) is 6.83. The van der Waals surface area contributed by atoms with Crippen LogP contribution < -0.4 is 21.3 Å². The molecule has 0 amide bonds. The van der Waals surface area contributed by atoms with Crippen LogP contribution in [0.5, 0.6) is 5.75 Å². The third-order valence-corrected chi connectivity index (χ3v) is 7.53. The van der Waals surface area contributed by atoms with Crippen molar-refractivity contribution in [3.8, 4) is 5.75 Å². The van der Waals surface area contributed by atoms with Crippen LogP contribution in [0.3, 0.4) is 0 Å². The lowest BCUT2D eigenvalue weighted by Crippen LogP contribution is -2.55. The number of para-hydroxylation sites is 1. The van der Waals surface area contributed by atoms with E-state index >= 15 is 4.39 Å². The number of hydrogen-bond donors (Lipinski definition) is 3. The zero-order valence-electron chi connectivity index (χ0n) is 21.5. The van der Waals surface area contributed by atoms with Crippen LogP contribution in [-0.4, -0.2) is 63.8 Å². The van der Waals surface area contributed by atoms with Crippen LogP contribution >= 0.6 is 8.25 Å². The Balaban J connectivity index is 1.49. The van der Waals surface area contributed by atoms with Crippen molar-refractivity contribution in [2.45, 2.75) is 75.3 Å². The Labute approximate surface area is 225 Å². The first kappa shape index (κ1) is 29.0. The van der Waals surface area contributed by atoms with Gasteiger partial charge in [-0.25, -0.2) is 13.7 Å². The molecule has 14 heteroatoms. The van der Waals surface area contributed by atoms with Gasteiger partial charge in [-0.15, -0.1) is 4.52 Å². The summed E-state index contributed by atoms with van der Waals surface area (Å²) in [5.74, 6) is -0.295. The Hall–Kier alpha value is -2.96. The number of anilines is 1. The summed E-state index contributed by atoms with van der Waals surface area (Å²) in [6.07, 6.45) is 0.162. The summed E-state index contributed by atoms with van der Waals surface area (Å²) in [7, 11) is -2.75. The number of esters is 1. The van der Waals surface area contributed by atoms with Crippen LogP contribution in [0.4, 0.5) is 10.2 Å². The number of nitrogen functional groups attached to an aromatic ring is 1. The predicted molar refractivity (Wildman–Crippen MR) is 138 cm³/mol. The van der Waals surface area contributed by atoms with Gasteiger partial charge < -0.3 is 25.6 Å². The molecule has 1 aliphatic carbocycles. The number of aliphatic hydroxyl groups is 1. The number of nitrogens with two attached hydrogens (primary N) is 1. The summed E-state index contributed by atoms with van der Waals surface area (Å²) in [4.78, 5) is 28.6. The molecular weight excluding hydrogens is 534 g/mol. The molecule has 212 valence electrons. The molecule has 1 unspecified atom stereocenters. The summed E-state index contributed by atoms with van der Waals surface area (Å²) in [6, 6.07) is 8.70. The zero-order chi connectivity index (χ0) is 28.0. The van der Waals surface area contributed by atoms with Crippen molar-refractivity contribution in [2.24, 2.45) is 0 Å². The molecule has 2 aliphatic rings. The Morgan fingerprint density at radius 2 is 2.03 bits per heavy atom. The molecule has 0 bridgehead atoms. The van der Waals surface area contributed by atoms with E-state index in [-0.39, 0.29) is 24.2 Å². The molecule has 1 saturated heterocycles. The lowest BCUT2D eigenvalue weighted by molar-refractivity contribution is -0.154. The molecule has 39 heavy (non-hydrogen) atoms. The fraction of sp³-hybridized carbons (Fsp3) is 0.560. The van der Waals surface area contributed by atoms with E-state index in [1.807, 2.05) is 0 Å². The van der Waals surface area contributed by atoms with E-state index in [1.165, 1.54) is 12.3 Å². The van der Waals surface area contributed by atoms with E-state index in [1.54, 1.807) is 37.3 Å². The Morgan fingerprint density at radius 3 is 2.72 bits per heavy atom. The minimum Gasteiger partial charge on any atom is -0.461 e. The van der Waals surface area contributed by atoms with Crippen LogP contribution in [0.1, 0.15) is 45.3 Å². The number of carbonyl (C=O) groups excluding carboxylic acids is 1. The normalized spacial score (nSPS) is 26.6. The maximum atomic E-state index is 15.4. The molecule has 1 saturated carbocycles. The van der Waals surface area contributed by atoms with Crippen LogP contribution in [0.25, 0.3) is 0 Å². The maximum absolute atomic E-state index is 15.4. The highest BCUT2D eigenvalue weighted by molar-refractivity contribution is 7.33. The Kier molecular flexibility index (Phi) is 9.62. The summed E-state index contributed by atoms with van der Waals surface area (Å²) in [5.41, 5.74) is 2.78. The number of nitrogens with one attached hydrogen (secondary N) is 1. The number of halogens is 1. The number of aromatic nitrogens is 2. The van der Waals surface area contributed by atoms with Crippen LogP contribution in [-0.2, 0) is 23.4 Å². The van der Waals surface area contributed by atoms with E-state index in [9.17, 15) is 19.3 Å². The fourth-order valence-electron chi connectivity index (χ4n) is 4.58. The number of rotatable bonds is 11. The van der Waals surface area contributed by atoms with Crippen LogP contribution in [0.2, 0.25) is 0 Å². The van der Waals surface area contributed by atoms with Crippen molar-refractivity contribution in [2.75, 3.05) is 18.9 Å². The first-order chi connectivity index (χ1) is 18.7. The second-order valence-electron chi connectivity index (χ2n) is 9.71. The first-order valence-corrected chi connectivity index (χ1v) is 13.9. The second kappa shape index (κ2) is 12.9. The summed E-state index contributed by atoms with van der Waals surface area (Å²) < 4.78 is 50.9. The lowest BCUT2D eigenvalue weighted by Gasteiger charge is -2.31. The van der Waals surface area contributed by atoms with E-state index < -0.39 is 56.7 Å². The summed E-state index contributed by atoms with van der Waals surface area (Å²) in [6.45, 7) is 0.665. The van der Waals surface area contributed by atoms with Gasteiger partial charge in [-0.05, 0) is 50.8 Å². The largest absolute Gasteiger partial charge is 0.750 e. The molecule has 4 N–H and O–H groups in total.